The summed E-state index contributed by atoms with van der Waals surface area (Å²) in [5.74, 6) is 0.588. The van der Waals surface area contributed by atoms with Gasteiger partial charge in [0.25, 0.3) is 0 Å². The van der Waals surface area contributed by atoms with Crippen LogP contribution in [0.4, 0.5) is 0 Å². The van der Waals surface area contributed by atoms with Gasteiger partial charge in [0.2, 0.25) is 0 Å². The van der Waals surface area contributed by atoms with Crippen LogP contribution >= 0.6 is 0 Å². The molecule has 0 saturated carbocycles. The van der Waals surface area contributed by atoms with Crippen LogP contribution in [0.5, 0.6) is 0 Å². The second kappa shape index (κ2) is 3.73. The second-order valence-electron chi connectivity index (χ2n) is 4.17. The number of nitrogens with one attached hydrogen (secondary N) is 1. The Kier molecular flexibility index (Phi) is 2.59. The maximum absolute atomic E-state index is 4.64. The smallest absolute Gasteiger partial charge is 0.0700 e. The molecule has 0 saturated heterocycles. The Morgan fingerprint density at radius 1 is 1.57 bits per heavy atom. The van der Waals surface area contributed by atoms with Crippen molar-refractivity contribution in [2.24, 2.45) is 7.05 Å². The summed E-state index contributed by atoms with van der Waals surface area (Å²) in [7, 11) is 2.07. The van der Waals surface area contributed by atoms with E-state index in [9.17, 15) is 0 Å². The Balaban J connectivity index is 2.41. The van der Waals surface area contributed by atoms with E-state index in [2.05, 4.69) is 36.0 Å². The predicted molar refractivity (Wildman–Crippen MR) is 57.3 cm³/mol. The van der Waals surface area contributed by atoms with Gasteiger partial charge in [-0.15, -0.1) is 0 Å². The molecule has 0 aliphatic carbocycles. The lowest BCUT2D eigenvalue weighted by atomic mass is 9.97. The number of hydrogen-bond acceptors (Lipinski definition) is 2. The topological polar surface area (TPSA) is 29.9 Å². The zero-order valence-corrected chi connectivity index (χ0v) is 9.30. The number of hydrogen-bond donors (Lipinski definition) is 1. The largest absolute Gasteiger partial charge is 0.312 e. The Morgan fingerprint density at radius 3 is 3.07 bits per heavy atom. The lowest BCUT2D eigenvalue weighted by Gasteiger charge is -2.15. The zero-order valence-electron chi connectivity index (χ0n) is 9.30. The SMILES string of the molecule is CCC(C)c1nn(C)c2c1CNCC2. The van der Waals surface area contributed by atoms with E-state index in [1.165, 1.54) is 23.4 Å². The molecule has 1 N–H and O–H groups in total. The average molecular weight is 193 g/mol. The highest BCUT2D eigenvalue weighted by Crippen LogP contribution is 2.25. The lowest BCUT2D eigenvalue weighted by Crippen LogP contribution is -2.24. The van der Waals surface area contributed by atoms with Crippen LogP contribution in [0.3, 0.4) is 0 Å². The van der Waals surface area contributed by atoms with Crippen LogP contribution in [-0.2, 0) is 20.0 Å². The van der Waals surface area contributed by atoms with Crippen molar-refractivity contribution >= 4 is 0 Å². The molecule has 0 bridgehead atoms. The Labute approximate surface area is 85.5 Å². The molecule has 1 atom stereocenters. The summed E-state index contributed by atoms with van der Waals surface area (Å²) in [5.41, 5.74) is 4.18. The van der Waals surface area contributed by atoms with E-state index in [4.69, 9.17) is 0 Å². The van der Waals surface area contributed by atoms with E-state index < -0.39 is 0 Å². The summed E-state index contributed by atoms with van der Waals surface area (Å²) in [4.78, 5) is 0. The molecule has 0 radical (unpaired) electrons. The Bertz CT molecular complexity index is 328. The van der Waals surface area contributed by atoms with Gasteiger partial charge in [0.1, 0.15) is 0 Å². The van der Waals surface area contributed by atoms with Crippen LogP contribution in [0.15, 0.2) is 0 Å². The van der Waals surface area contributed by atoms with Gasteiger partial charge in [0.15, 0.2) is 0 Å². The lowest BCUT2D eigenvalue weighted by molar-refractivity contribution is 0.604. The summed E-state index contributed by atoms with van der Waals surface area (Å²) in [6.07, 6.45) is 2.29. The van der Waals surface area contributed by atoms with Crippen LogP contribution in [0.1, 0.15) is 43.1 Å². The van der Waals surface area contributed by atoms with Crippen LogP contribution in [0.25, 0.3) is 0 Å². The number of fused-ring (bicyclic) bond motifs is 1. The van der Waals surface area contributed by atoms with E-state index >= 15 is 0 Å². The molecule has 0 amide bonds. The van der Waals surface area contributed by atoms with Gasteiger partial charge in [-0.25, -0.2) is 0 Å². The summed E-state index contributed by atoms with van der Waals surface area (Å²) in [5, 5.41) is 8.06. The molecular formula is C11H19N3. The quantitative estimate of drug-likeness (QED) is 0.773. The third-order valence-corrected chi connectivity index (χ3v) is 3.23. The summed E-state index contributed by atoms with van der Waals surface area (Å²) in [6, 6.07) is 0. The maximum atomic E-state index is 4.64. The first-order valence-electron chi connectivity index (χ1n) is 5.49. The van der Waals surface area contributed by atoms with Crippen molar-refractivity contribution in [3.8, 4) is 0 Å². The molecule has 1 aromatic heterocycles. The normalized spacial score (nSPS) is 17.9. The molecule has 78 valence electrons. The zero-order chi connectivity index (χ0) is 10.1. The third kappa shape index (κ3) is 1.46. The maximum Gasteiger partial charge on any atom is 0.0700 e. The fourth-order valence-corrected chi connectivity index (χ4v) is 2.14. The minimum absolute atomic E-state index is 0.588. The minimum Gasteiger partial charge on any atom is -0.312 e. The van der Waals surface area contributed by atoms with Gasteiger partial charge >= 0.3 is 0 Å². The highest BCUT2D eigenvalue weighted by molar-refractivity contribution is 5.30. The molecule has 0 spiro atoms. The summed E-state index contributed by atoms with van der Waals surface area (Å²) < 4.78 is 2.07. The van der Waals surface area contributed by atoms with E-state index in [1.807, 2.05) is 0 Å². The van der Waals surface area contributed by atoms with E-state index in [0.29, 0.717) is 5.92 Å². The third-order valence-electron chi connectivity index (χ3n) is 3.23. The van der Waals surface area contributed by atoms with Gasteiger partial charge < -0.3 is 5.32 Å². The molecule has 1 aliphatic heterocycles. The van der Waals surface area contributed by atoms with Crippen molar-refractivity contribution in [2.75, 3.05) is 6.54 Å². The molecule has 14 heavy (non-hydrogen) atoms. The van der Waals surface area contributed by atoms with Gasteiger partial charge in [-0.05, 0) is 6.42 Å². The second-order valence-corrected chi connectivity index (χ2v) is 4.17. The fraction of sp³-hybridized carbons (Fsp3) is 0.727. The van der Waals surface area contributed by atoms with Crippen LogP contribution in [0, 0.1) is 0 Å². The molecule has 2 heterocycles. The molecular weight excluding hydrogens is 174 g/mol. The summed E-state index contributed by atoms with van der Waals surface area (Å²) >= 11 is 0. The fourth-order valence-electron chi connectivity index (χ4n) is 2.14. The van der Waals surface area contributed by atoms with Crippen molar-refractivity contribution in [3.05, 3.63) is 17.0 Å². The minimum atomic E-state index is 0.588. The molecule has 3 heteroatoms. The molecule has 3 nitrogen and oxygen atoms in total. The van der Waals surface area contributed by atoms with Crippen molar-refractivity contribution in [2.45, 2.75) is 39.2 Å². The molecule has 1 aromatic rings. The van der Waals surface area contributed by atoms with Gasteiger partial charge in [-0.1, -0.05) is 13.8 Å². The van der Waals surface area contributed by atoms with Gasteiger partial charge in [-0.2, -0.15) is 5.10 Å². The van der Waals surface area contributed by atoms with Crippen molar-refractivity contribution in [1.82, 2.24) is 15.1 Å². The molecule has 1 unspecified atom stereocenters. The predicted octanol–water partition coefficient (Wildman–Crippen LogP) is 1.58. The first kappa shape index (κ1) is 9.71. The van der Waals surface area contributed by atoms with Gasteiger partial charge in [0.05, 0.1) is 5.69 Å². The number of aryl methyl sites for hydroxylation is 1. The highest BCUT2D eigenvalue weighted by atomic mass is 15.3. The van der Waals surface area contributed by atoms with Crippen LogP contribution < -0.4 is 5.32 Å². The van der Waals surface area contributed by atoms with Crippen molar-refractivity contribution < 1.29 is 0 Å². The number of nitrogens with zero attached hydrogens (tertiary/aromatic N) is 2. The van der Waals surface area contributed by atoms with Crippen molar-refractivity contribution in [3.63, 3.8) is 0 Å². The van der Waals surface area contributed by atoms with Gasteiger partial charge in [-0.3, -0.25) is 4.68 Å². The van der Waals surface area contributed by atoms with E-state index in [1.54, 1.807) is 0 Å². The monoisotopic (exact) mass is 193 g/mol. The van der Waals surface area contributed by atoms with Crippen molar-refractivity contribution in [1.29, 1.82) is 0 Å². The van der Waals surface area contributed by atoms with E-state index in [-0.39, 0.29) is 0 Å². The number of aromatic nitrogens is 2. The Morgan fingerprint density at radius 2 is 2.36 bits per heavy atom. The summed E-state index contributed by atoms with van der Waals surface area (Å²) in [6.45, 7) is 6.58. The van der Waals surface area contributed by atoms with Gasteiger partial charge in [0, 0.05) is 43.7 Å². The first-order chi connectivity index (χ1) is 6.74. The first-order valence-corrected chi connectivity index (χ1v) is 5.49. The number of rotatable bonds is 2. The standard InChI is InChI=1S/C11H19N3/c1-4-8(2)11-9-7-12-6-5-10(9)14(3)13-11/h8,12H,4-7H2,1-3H3. The molecule has 0 fully saturated rings. The van der Waals surface area contributed by atoms with Crippen LogP contribution in [0.2, 0.25) is 0 Å². The average Bonchev–Trinajstić information content (AvgIpc) is 2.56. The van der Waals surface area contributed by atoms with Crippen LogP contribution in [-0.4, -0.2) is 16.3 Å². The molecule has 0 aromatic carbocycles. The molecule has 1 aliphatic rings. The Hall–Kier alpha value is -0.830. The van der Waals surface area contributed by atoms with E-state index in [0.717, 1.165) is 19.5 Å². The molecule has 2 rings (SSSR count). The highest BCUT2D eigenvalue weighted by Gasteiger charge is 2.21.